The first-order chi connectivity index (χ1) is 5.43. The van der Waals surface area contributed by atoms with Gasteiger partial charge in [0.15, 0.2) is 5.75 Å². The smallest absolute Gasteiger partial charge is 0.156 e. The molecule has 0 radical (unpaired) electrons. The Morgan fingerprint density at radius 3 is 3.27 bits per heavy atom. The molecule has 11 heavy (non-hydrogen) atoms. The maximum Gasteiger partial charge on any atom is 0.156 e. The quantitative estimate of drug-likeness (QED) is 0.605. The minimum absolute atomic E-state index is 0.736. The number of aromatic amines is 1. The fourth-order valence-corrected chi connectivity index (χ4v) is 0.757. The second-order valence-corrected chi connectivity index (χ2v) is 2.24. The molecule has 0 aromatic carbocycles. The lowest BCUT2D eigenvalue weighted by Crippen LogP contribution is -2.11. The van der Waals surface area contributed by atoms with E-state index in [1.807, 2.05) is 7.05 Å². The Labute approximate surface area is 66.0 Å². The molecule has 1 aromatic rings. The lowest BCUT2D eigenvalue weighted by molar-refractivity contribution is 0.310. The molecule has 62 valence electrons. The van der Waals surface area contributed by atoms with E-state index in [0.717, 1.165) is 25.3 Å². The Morgan fingerprint density at radius 2 is 2.64 bits per heavy atom. The Morgan fingerprint density at radius 1 is 1.73 bits per heavy atom. The van der Waals surface area contributed by atoms with E-state index in [2.05, 4.69) is 15.5 Å². The molecule has 0 amide bonds. The van der Waals surface area contributed by atoms with Crippen molar-refractivity contribution < 1.29 is 4.74 Å². The maximum absolute atomic E-state index is 5.31. The third kappa shape index (κ3) is 3.04. The van der Waals surface area contributed by atoms with Crippen molar-refractivity contribution in [3.63, 3.8) is 0 Å². The number of H-pyrrole nitrogens is 1. The predicted octanol–water partition coefficient (Wildman–Crippen LogP) is 0.398. The summed E-state index contributed by atoms with van der Waals surface area (Å²) in [4.78, 5) is 0. The maximum atomic E-state index is 5.31. The molecule has 1 heterocycles. The Hall–Kier alpha value is -1.03. The number of nitrogens with zero attached hydrogens (tertiary/aromatic N) is 1. The van der Waals surface area contributed by atoms with E-state index in [-0.39, 0.29) is 0 Å². The van der Waals surface area contributed by atoms with Gasteiger partial charge in [-0.3, -0.25) is 5.10 Å². The second-order valence-electron chi connectivity index (χ2n) is 2.24. The zero-order chi connectivity index (χ0) is 7.94. The van der Waals surface area contributed by atoms with Gasteiger partial charge in [0.2, 0.25) is 0 Å². The fraction of sp³-hybridized carbons (Fsp3) is 0.571. The van der Waals surface area contributed by atoms with Crippen LogP contribution in [0.25, 0.3) is 0 Å². The van der Waals surface area contributed by atoms with Gasteiger partial charge in [-0.25, -0.2) is 0 Å². The van der Waals surface area contributed by atoms with E-state index in [4.69, 9.17) is 4.74 Å². The van der Waals surface area contributed by atoms with Gasteiger partial charge in [-0.1, -0.05) is 0 Å². The monoisotopic (exact) mass is 155 g/mol. The molecule has 0 saturated carbocycles. The van der Waals surface area contributed by atoms with Gasteiger partial charge in [-0.05, 0) is 20.0 Å². The molecule has 0 saturated heterocycles. The molecule has 0 fully saturated rings. The highest BCUT2D eigenvalue weighted by atomic mass is 16.5. The normalized spacial score (nSPS) is 9.91. The molecule has 0 aliphatic rings. The number of ether oxygens (including phenoxy) is 1. The molecule has 4 heteroatoms. The van der Waals surface area contributed by atoms with Crippen molar-refractivity contribution in [2.45, 2.75) is 6.42 Å². The van der Waals surface area contributed by atoms with Gasteiger partial charge in [0.25, 0.3) is 0 Å². The van der Waals surface area contributed by atoms with E-state index in [0.29, 0.717) is 0 Å². The second kappa shape index (κ2) is 4.73. The summed E-state index contributed by atoms with van der Waals surface area (Å²) in [5.74, 6) is 0.807. The summed E-state index contributed by atoms with van der Waals surface area (Å²) < 4.78 is 5.31. The number of aromatic nitrogens is 2. The molecule has 0 unspecified atom stereocenters. The third-order valence-electron chi connectivity index (χ3n) is 1.31. The summed E-state index contributed by atoms with van der Waals surface area (Å²) in [5.41, 5.74) is 0. The summed E-state index contributed by atoms with van der Waals surface area (Å²) in [7, 11) is 1.93. The lowest BCUT2D eigenvalue weighted by Gasteiger charge is -2.01. The Kier molecular flexibility index (Phi) is 3.47. The van der Waals surface area contributed by atoms with Gasteiger partial charge >= 0.3 is 0 Å². The minimum atomic E-state index is 0.736. The van der Waals surface area contributed by atoms with Gasteiger partial charge in [0, 0.05) is 0 Å². The summed E-state index contributed by atoms with van der Waals surface area (Å²) in [6.45, 7) is 1.72. The topological polar surface area (TPSA) is 49.9 Å². The average Bonchev–Trinajstić information content (AvgIpc) is 2.50. The minimum Gasteiger partial charge on any atom is -0.490 e. The van der Waals surface area contributed by atoms with Crippen LogP contribution in [0.3, 0.4) is 0 Å². The number of nitrogens with one attached hydrogen (secondary N) is 2. The highest BCUT2D eigenvalue weighted by Crippen LogP contribution is 2.04. The van der Waals surface area contributed by atoms with Crippen LogP contribution in [-0.2, 0) is 0 Å². The zero-order valence-electron chi connectivity index (χ0n) is 6.63. The van der Waals surface area contributed by atoms with E-state index in [1.165, 1.54) is 0 Å². The van der Waals surface area contributed by atoms with Crippen LogP contribution < -0.4 is 10.1 Å². The van der Waals surface area contributed by atoms with Crippen molar-refractivity contribution >= 4 is 0 Å². The summed E-state index contributed by atoms with van der Waals surface area (Å²) in [6, 6.07) is 0. The van der Waals surface area contributed by atoms with Crippen molar-refractivity contribution in [1.82, 2.24) is 15.5 Å². The zero-order valence-corrected chi connectivity index (χ0v) is 6.63. The highest BCUT2D eigenvalue weighted by Gasteiger charge is 1.91. The number of hydrogen-bond donors (Lipinski definition) is 2. The van der Waals surface area contributed by atoms with Crippen LogP contribution >= 0.6 is 0 Å². The lowest BCUT2D eigenvalue weighted by atomic mass is 10.4. The van der Waals surface area contributed by atoms with Gasteiger partial charge in [0.1, 0.15) is 0 Å². The SMILES string of the molecule is CNCCCOc1cn[nH]c1. The van der Waals surface area contributed by atoms with Crippen LogP contribution in [-0.4, -0.2) is 30.4 Å². The molecule has 0 bridgehead atoms. The summed E-state index contributed by atoms with van der Waals surface area (Å²) >= 11 is 0. The van der Waals surface area contributed by atoms with Gasteiger partial charge in [0.05, 0.1) is 19.0 Å². The van der Waals surface area contributed by atoms with Crippen molar-refractivity contribution in [1.29, 1.82) is 0 Å². The molecule has 0 aliphatic heterocycles. The Bertz CT molecular complexity index is 174. The van der Waals surface area contributed by atoms with E-state index in [9.17, 15) is 0 Å². The first-order valence-electron chi connectivity index (χ1n) is 3.69. The molecular weight excluding hydrogens is 142 g/mol. The largest absolute Gasteiger partial charge is 0.490 e. The number of hydrogen-bond acceptors (Lipinski definition) is 3. The molecule has 4 nitrogen and oxygen atoms in total. The summed E-state index contributed by atoms with van der Waals surface area (Å²) in [5, 5.41) is 9.48. The summed E-state index contributed by atoms with van der Waals surface area (Å²) in [6.07, 6.45) is 4.42. The average molecular weight is 155 g/mol. The fourth-order valence-electron chi connectivity index (χ4n) is 0.757. The third-order valence-corrected chi connectivity index (χ3v) is 1.31. The Balaban J connectivity index is 2.04. The van der Waals surface area contributed by atoms with Crippen molar-refractivity contribution in [2.24, 2.45) is 0 Å². The highest BCUT2D eigenvalue weighted by molar-refractivity contribution is 5.09. The van der Waals surface area contributed by atoms with Crippen molar-refractivity contribution in [3.8, 4) is 5.75 Å². The molecular formula is C7H13N3O. The molecule has 0 aliphatic carbocycles. The van der Waals surface area contributed by atoms with Crippen molar-refractivity contribution in [3.05, 3.63) is 12.4 Å². The molecule has 1 aromatic heterocycles. The standard InChI is InChI=1S/C7H13N3O/c1-8-3-2-4-11-7-5-9-10-6-7/h5-6,8H,2-4H2,1H3,(H,9,10). The van der Waals surface area contributed by atoms with Crippen LogP contribution in [0.2, 0.25) is 0 Å². The van der Waals surface area contributed by atoms with Gasteiger partial charge in [-0.2, -0.15) is 5.10 Å². The van der Waals surface area contributed by atoms with Crippen LogP contribution in [0.4, 0.5) is 0 Å². The number of rotatable bonds is 5. The van der Waals surface area contributed by atoms with E-state index in [1.54, 1.807) is 12.4 Å². The molecule has 0 spiro atoms. The van der Waals surface area contributed by atoms with Crippen molar-refractivity contribution in [2.75, 3.05) is 20.2 Å². The van der Waals surface area contributed by atoms with Crippen LogP contribution in [0.1, 0.15) is 6.42 Å². The van der Waals surface area contributed by atoms with Gasteiger partial charge in [-0.15, -0.1) is 0 Å². The predicted molar refractivity (Wildman–Crippen MR) is 42.6 cm³/mol. The first kappa shape index (κ1) is 8.07. The van der Waals surface area contributed by atoms with Crippen LogP contribution in [0, 0.1) is 0 Å². The van der Waals surface area contributed by atoms with Crippen LogP contribution in [0.5, 0.6) is 5.75 Å². The first-order valence-corrected chi connectivity index (χ1v) is 3.69. The van der Waals surface area contributed by atoms with Gasteiger partial charge < -0.3 is 10.1 Å². The molecule has 2 N–H and O–H groups in total. The van der Waals surface area contributed by atoms with Crippen LogP contribution in [0.15, 0.2) is 12.4 Å². The van der Waals surface area contributed by atoms with E-state index >= 15 is 0 Å². The van der Waals surface area contributed by atoms with E-state index < -0.39 is 0 Å². The molecule has 0 atom stereocenters. The molecule has 1 rings (SSSR count).